The van der Waals surface area contributed by atoms with Gasteiger partial charge in [0.2, 0.25) is 0 Å². The summed E-state index contributed by atoms with van der Waals surface area (Å²) in [4.78, 5) is 50.1. The molecular formula is C35H56FN3O9. The number of Topliss-reactive ketones (excluding diaryl/α,β-unsaturated/α-hetero) is 1. The first-order valence-electron chi connectivity index (χ1n) is 17.2. The molecule has 3 fully saturated rings. The van der Waals surface area contributed by atoms with E-state index in [2.05, 4.69) is 6.58 Å². The van der Waals surface area contributed by atoms with Gasteiger partial charge in [0, 0.05) is 43.7 Å². The summed E-state index contributed by atoms with van der Waals surface area (Å²) < 4.78 is 47.9. The molecule has 0 saturated carbocycles. The van der Waals surface area contributed by atoms with Gasteiger partial charge in [-0.25, -0.2) is 14.0 Å². The second-order valence-electron chi connectivity index (χ2n) is 14.8. The van der Waals surface area contributed by atoms with E-state index in [1.807, 2.05) is 39.8 Å². The molecular weight excluding hydrogens is 625 g/mol. The number of cyclic esters (lactones) is 1. The van der Waals surface area contributed by atoms with Gasteiger partial charge in [-0.15, -0.1) is 6.58 Å². The van der Waals surface area contributed by atoms with Crippen molar-refractivity contribution in [2.24, 2.45) is 22.7 Å². The summed E-state index contributed by atoms with van der Waals surface area (Å²) in [5.74, 6) is -4.37. The molecule has 4 aliphatic heterocycles. The molecule has 1 amide bonds. The second kappa shape index (κ2) is 14.4. The molecule has 2 bridgehead atoms. The molecule has 3 saturated heterocycles. The minimum Gasteiger partial charge on any atom is -0.455 e. The number of halogens is 1. The van der Waals surface area contributed by atoms with Gasteiger partial charge < -0.3 is 33.7 Å². The highest BCUT2D eigenvalue weighted by molar-refractivity contribution is 6.08. The van der Waals surface area contributed by atoms with Crippen LogP contribution in [0.5, 0.6) is 0 Å². The molecule has 48 heavy (non-hydrogen) atoms. The van der Waals surface area contributed by atoms with Crippen LogP contribution in [0.25, 0.3) is 0 Å². The third-order valence-electron chi connectivity index (χ3n) is 11.1. The van der Waals surface area contributed by atoms with Crippen LogP contribution in [0.4, 0.5) is 9.18 Å². The summed E-state index contributed by atoms with van der Waals surface area (Å²) in [6.45, 7) is 16.8. The monoisotopic (exact) mass is 681 g/mol. The smallest absolute Gasteiger partial charge is 0.410 e. The van der Waals surface area contributed by atoms with Crippen molar-refractivity contribution in [3.63, 3.8) is 0 Å². The molecule has 272 valence electrons. The summed E-state index contributed by atoms with van der Waals surface area (Å²) in [6, 6.07) is -0.902. The fraction of sp³-hybridized carbons (Fsp3) is 0.829. The Morgan fingerprint density at radius 2 is 1.83 bits per heavy atom. The third-order valence-corrected chi connectivity index (χ3v) is 11.1. The Kier molecular flexibility index (Phi) is 11.5. The number of ketones is 1. The lowest BCUT2D eigenvalue weighted by Crippen LogP contribution is -2.62. The Labute approximate surface area is 284 Å². The summed E-state index contributed by atoms with van der Waals surface area (Å²) >= 11 is 0. The van der Waals surface area contributed by atoms with Crippen LogP contribution < -0.4 is 0 Å². The van der Waals surface area contributed by atoms with Crippen molar-refractivity contribution in [2.45, 2.75) is 134 Å². The van der Waals surface area contributed by atoms with Gasteiger partial charge in [0.15, 0.2) is 17.7 Å². The number of fused-ring (bicyclic) bond motifs is 1. The maximum atomic E-state index is 17.2. The van der Waals surface area contributed by atoms with E-state index in [0.29, 0.717) is 19.5 Å². The number of allylic oxidation sites excluding steroid dienone is 1. The number of ether oxygens (including phenoxy) is 5. The summed E-state index contributed by atoms with van der Waals surface area (Å²) in [6.07, 6.45) is -3.88. The predicted octanol–water partition coefficient (Wildman–Crippen LogP) is 3.72. The molecule has 4 aliphatic rings. The van der Waals surface area contributed by atoms with Gasteiger partial charge in [0.1, 0.15) is 12.2 Å². The molecule has 12 nitrogen and oxygen atoms in total. The highest BCUT2D eigenvalue weighted by Crippen LogP contribution is 2.44. The van der Waals surface area contributed by atoms with E-state index in [9.17, 15) is 19.5 Å². The highest BCUT2D eigenvalue weighted by Gasteiger charge is 2.62. The molecule has 1 N–H and O–H groups in total. The standard InChI is InChI=1S/C35H56FN3O9/c1-12-14-35(36)28(41)22(6)29(47-30-26(40)23(38(9)10)17-20(4)45-30)33(7,44-11)18-19(3)25-21(5)27-34(8,24(13-2)46-31(35)42)48-32(43)39(27)16-15-37-25/h12,19-24,26-27,29-30,40H,1,13-18H2,2-11H3/t19-,20-,21-,22+,23+,24+,26-,27-,29+,30+,33+,34-,35?/m1/s1. The van der Waals surface area contributed by atoms with Crippen LogP contribution in [-0.2, 0) is 33.3 Å². The maximum absolute atomic E-state index is 17.2. The molecule has 0 aromatic heterocycles. The van der Waals surface area contributed by atoms with Crippen molar-refractivity contribution in [3.05, 3.63) is 12.7 Å². The number of methoxy groups -OCH3 is 1. The largest absolute Gasteiger partial charge is 0.455 e. The zero-order valence-corrected chi connectivity index (χ0v) is 30.2. The first-order valence-corrected chi connectivity index (χ1v) is 17.2. The van der Waals surface area contributed by atoms with E-state index >= 15 is 4.39 Å². The third kappa shape index (κ3) is 6.69. The van der Waals surface area contributed by atoms with Crippen molar-refractivity contribution in [3.8, 4) is 0 Å². The molecule has 13 atom stereocenters. The summed E-state index contributed by atoms with van der Waals surface area (Å²) in [7, 11) is 5.19. The van der Waals surface area contributed by atoms with Crippen LogP contribution in [0.2, 0.25) is 0 Å². The lowest BCUT2D eigenvalue weighted by Gasteiger charge is -2.47. The Morgan fingerprint density at radius 3 is 2.42 bits per heavy atom. The van der Waals surface area contributed by atoms with Gasteiger partial charge in [-0.05, 0) is 60.0 Å². The Bertz CT molecular complexity index is 1270. The first-order chi connectivity index (χ1) is 22.4. The number of carbonyl (C=O) groups is 3. The van der Waals surface area contributed by atoms with Crippen LogP contribution in [-0.4, -0.2) is 132 Å². The molecule has 4 heterocycles. The van der Waals surface area contributed by atoms with E-state index in [4.69, 9.17) is 28.7 Å². The number of nitrogens with zero attached hydrogens (tertiary/aromatic N) is 3. The van der Waals surface area contributed by atoms with Crippen LogP contribution >= 0.6 is 0 Å². The van der Waals surface area contributed by atoms with E-state index in [1.165, 1.54) is 14.0 Å². The SMILES string of the molecule is C=CCC1(F)C(=O)O[C@@H](CC)[C@@]2(C)OC(=O)N3CCN=C([C@H](C)C[C@](C)(OC)[C@@H](O[C@@H]4O[C@H](C)C[C@H](N(C)C)[C@H]4O)[C@@H](C)C1=O)[C@@H](C)[C@@H]32. The molecule has 4 rings (SSSR count). The fourth-order valence-electron chi connectivity index (χ4n) is 8.61. The van der Waals surface area contributed by atoms with E-state index in [-0.39, 0.29) is 36.8 Å². The zero-order valence-electron chi connectivity index (χ0n) is 30.2. The molecule has 0 spiro atoms. The van der Waals surface area contributed by atoms with Gasteiger partial charge >= 0.3 is 12.1 Å². The number of carbonyl (C=O) groups excluding carboxylic acids is 3. The first kappa shape index (κ1) is 38.4. The number of hydrogen-bond acceptors (Lipinski definition) is 11. The maximum Gasteiger partial charge on any atom is 0.410 e. The van der Waals surface area contributed by atoms with E-state index in [1.54, 1.807) is 25.7 Å². The van der Waals surface area contributed by atoms with Crippen LogP contribution in [0.3, 0.4) is 0 Å². The summed E-state index contributed by atoms with van der Waals surface area (Å²) in [5, 5.41) is 11.4. The Morgan fingerprint density at radius 1 is 1.17 bits per heavy atom. The van der Waals surface area contributed by atoms with Crippen molar-refractivity contribution in [1.82, 2.24) is 9.80 Å². The Balaban J connectivity index is 1.89. The Hall–Kier alpha value is -2.45. The number of likely N-dealkylation sites (N-methyl/N-ethyl adjacent to an activating group) is 1. The number of hydrogen-bond donors (Lipinski definition) is 1. The lowest BCUT2D eigenvalue weighted by atomic mass is 9.72. The number of rotatable bonds is 7. The molecule has 0 aromatic carbocycles. The van der Waals surface area contributed by atoms with Crippen LogP contribution in [0.1, 0.15) is 74.1 Å². The minimum atomic E-state index is -3.15. The molecule has 1 unspecified atom stereocenters. The number of esters is 1. The molecule has 0 aromatic rings. The lowest BCUT2D eigenvalue weighted by molar-refractivity contribution is -0.295. The van der Waals surface area contributed by atoms with E-state index < -0.39 is 77.7 Å². The highest BCUT2D eigenvalue weighted by atomic mass is 19.1. The van der Waals surface area contributed by atoms with Gasteiger partial charge in [-0.2, -0.15) is 0 Å². The topological polar surface area (TPSA) is 136 Å². The van der Waals surface area contributed by atoms with Crippen molar-refractivity contribution < 1.29 is 47.6 Å². The quantitative estimate of drug-likeness (QED) is 0.241. The van der Waals surface area contributed by atoms with Crippen molar-refractivity contribution in [1.29, 1.82) is 0 Å². The average molecular weight is 682 g/mol. The average Bonchev–Trinajstić information content (AvgIpc) is 3.15. The predicted molar refractivity (Wildman–Crippen MR) is 176 cm³/mol. The van der Waals surface area contributed by atoms with Crippen molar-refractivity contribution >= 4 is 23.6 Å². The number of aliphatic hydroxyl groups is 1. The number of aliphatic imine (C=N–C) groups is 1. The fourth-order valence-corrected chi connectivity index (χ4v) is 8.61. The van der Waals surface area contributed by atoms with E-state index in [0.717, 1.165) is 11.8 Å². The minimum absolute atomic E-state index is 0.193. The number of amides is 1. The summed E-state index contributed by atoms with van der Waals surface area (Å²) in [5.41, 5.74) is -4.97. The molecule has 0 radical (unpaired) electrons. The molecule has 0 aliphatic carbocycles. The second-order valence-corrected chi connectivity index (χ2v) is 14.8. The van der Waals surface area contributed by atoms with Gasteiger partial charge in [0.25, 0.3) is 5.67 Å². The van der Waals surface area contributed by atoms with Gasteiger partial charge in [0.05, 0.1) is 30.4 Å². The number of aliphatic hydroxyl groups excluding tert-OH is 1. The van der Waals surface area contributed by atoms with Crippen LogP contribution in [0, 0.1) is 17.8 Å². The van der Waals surface area contributed by atoms with Gasteiger partial charge in [-0.3, -0.25) is 14.7 Å². The van der Waals surface area contributed by atoms with Crippen LogP contribution in [0.15, 0.2) is 17.6 Å². The zero-order chi connectivity index (χ0) is 35.9. The molecule has 13 heteroatoms. The normalized spacial score (nSPS) is 44.4. The van der Waals surface area contributed by atoms with Gasteiger partial charge in [-0.1, -0.05) is 33.8 Å². The number of alkyl halides is 1. The van der Waals surface area contributed by atoms with Crippen molar-refractivity contribution in [2.75, 3.05) is 34.3 Å².